The van der Waals surface area contributed by atoms with E-state index in [2.05, 4.69) is 0 Å². The van der Waals surface area contributed by atoms with Crippen LogP contribution in [-0.4, -0.2) is 0 Å². The van der Waals surface area contributed by atoms with E-state index in [1.54, 1.807) is 30.3 Å². The fourth-order valence-electron chi connectivity index (χ4n) is 7.87. The summed E-state index contributed by atoms with van der Waals surface area (Å²) in [7, 11) is 0. The lowest BCUT2D eigenvalue weighted by Gasteiger charge is -2.28. The number of anilines is 3. The van der Waals surface area contributed by atoms with Crippen molar-refractivity contribution in [2.45, 2.75) is 0 Å². The maximum atomic E-state index is 9.68. The second-order valence-corrected chi connectivity index (χ2v) is 14.3. The van der Waals surface area contributed by atoms with E-state index in [9.17, 15) is 11.0 Å². The highest BCUT2D eigenvalue weighted by Gasteiger charge is 2.19. The molecule has 272 valence electrons. The molecular formula is C56H37NO. The van der Waals surface area contributed by atoms with Gasteiger partial charge in [-0.15, -0.1) is 0 Å². The van der Waals surface area contributed by atoms with Crippen molar-refractivity contribution in [2.24, 2.45) is 0 Å². The predicted octanol–water partition coefficient (Wildman–Crippen LogP) is 16.0. The molecule has 1 heterocycles. The molecule has 0 saturated carbocycles. The van der Waals surface area contributed by atoms with Crippen molar-refractivity contribution in [3.05, 3.63) is 224 Å². The first-order valence-corrected chi connectivity index (χ1v) is 19.2. The minimum absolute atomic E-state index is 0.0965. The van der Waals surface area contributed by atoms with Gasteiger partial charge in [0, 0.05) is 33.1 Å². The fraction of sp³-hybridized carbons (Fsp3) is 0. The molecule has 0 aliphatic heterocycles. The summed E-state index contributed by atoms with van der Waals surface area (Å²) in [6.07, 6.45) is 0. The van der Waals surface area contributed by atoms with Gasteiger partial charge in [-0.2, -0.15) is 0 Å². The number of rotatable bonds is 7. The molecule has 1 aromatic heterocycles. The molecule has 2 heteroatoms. The third-order valence-electron chi connectivity index (χ3n) is 10.8. The number of benzene rings is 10. The van der Waals surface area contributed by atoms with Crippen molar-refractivity contribution in [3.63, 3.8) is 0 Å². The van der Waals surface area contributed by atoms with Crippen LogP contribution in [0.1, 0.15) is 11.0 Å². The van der Waals surface area contributed by atoms with Crippen molar-refractivity contribution >= 4 is 60.5 Å². The largest absolute Gasteiger partial charge is 0.455 e. The SMILES string of the molecule is [2H]c1c([2H])c(N(c2ccccc2-c2ccc3c(ccc4c5ccccc5oc34)c2)c2c([2H])c([2H])c(-c3ccc4ccccc4c3)c([2H])c2[2H])c([2H])c([2H])c1-c1ccc(-c2ccccc2)cc1. The van der Waals surface area contributed by atoms with Gasteiger partial charge in [0.2, 0.25) is 0 Å². The highest BCUT2D eigenvalue weighted by molar-refractivity contribution is 6.15. The molecular weight excluding hydrogens is 703 g/mol. The third-order valence-corrected chi connectivity index (χ3v) is 10.8. The molecule has 58 heavy (non-hydrogen) atoms. The molecule has 0 unspecified atom stereocenters. The van der Waals surface area contributed by atoms with E-state index in [4.69, 9.17) is 4.42 Å². The molecule has 0 aliphatic carbocycles. The second-order valence-electron chi connectivity index (χ2n) is 14.3. The average molecular weight is 748 g/mol. The van der Waals surface area contributed by atoms with Crippen LogP contribution in [0.5, 0.6) is 0 Å². The number of nitrogens with zero attached hydrogens (tertiary/aromatic N) is 1. The van der Waals surface area contributed by atoms with Gasteiger partial charge in [-0.3, -0.25) is 0 Å². The maximum Gasteiger partial charge on any atom is 0.143 e. The average Bonchev–Trinajstić information content (AvgIpc) is 3.74. The van der Waals surface area contributed by atoms with Gasteiger partial charge in [0.25, 0.3) is 0 Å². The van der Waals surface area contributed by atoms with E-state index in [1.807, 2.05) is 146 Å². The molecule has 0 radical (unpaired) electrons. The molecule has 0 saturated heterocycles. The molecule has 11 rings (SSSR count). The van der Waals surface area contributed by atoms with E-state index in [0.29, 0.717) is 22.4 Å². The molecule has 10 aromatic carbocycles. The van der Waals surface area contributed by atoms with E-state index < -0.39 is 24.2 Å². The number of furan rings is 1. The van der Waals surface area contributed by atoms with Gasteiger partial charge < -0.3 is 9.32 Å². The minimum atomic E-state index is -0.408. The quantitative estimate of drug-likeness (QED) is 0.161. The lowest BCUT2D eigenvalue weighted by atomic mass is 9.97. The van der Waals surface area contributed by atoms with Crippen LogP contribution in [0.3, 0.4) is 0 Å². The van der Waals surface area contributed by atoms with Crippen molar-refractivity contribution in [1.82, 2.24) is 0 Å². The van der Waals surface area contributed by atoms with E-state index in [1.165, 1.54) is 4.90 Å². The molecule has 0 bridgehead atoms. The Morgan fingerprint density at radius 1 is 0.345 bits per heavy atom. The summed E-state index contributed by atoms with van der Waals surface area (Å²) in [5.41, 5.74) is 5.89. The van der Waals surface area contributed by atoms with Gasteiger partial charge in [0.15, 0.2) is 0 Å². The van der Waals surface area contributed by atoms with Crippen LogP contribution in [0.15, 0.2) is 229 Å². The Balaban J connectivity index is 1.13. The Bertz CT molecular complexity index is 3700. The van der Waals surface area contributed by atoms with Gasteiger partial charge in [-0.25, -0.2) is 0 Å². The van der Waals surface area contributed by atoms with Gasteiger partial charge >= 0.3 is 0 Å². The van der Waals surface area contributed by atoms with E-state index in [-0.39, 0.29) is 46.7 Å². The van der Waals surface area contributed by atoms with E-state index in [0.717, 1.165) is 60.2 Å². The molecule has 0 atom stereocenters. The number of fused-ring (bicyclic) bond motifs is 6. The minimum Gasteiger partial charge on any atom is -0.455 e. The summed E-state index contributed by atoms with van der Waals surface area (Å²) >= 11 is 0. The van der Waals surface area contributed by atoms with Crippen LogP contribution in [0.4, 0.5) is 17.1 Å². The molecule has 0 fully saturated rings. The summed E-state index contributed by atoms with van der Waals surface area (Å²) < 4.78 is 83.0. The summed E-state index contributed by atoms with van der Waals surface area (Å²) in [5.74, 6) is 0. The monoisotopic (exact) mass is 747 g/mol. The first-order chi connectivity index (χ1) is 32.1. The Morgan fingerprint density at radius 2 is 0.879 bits per heavy atom. The maximum absolute atomic E-state index is 9.68. The highest BCUT2D eigenvalue weighted by Crippen LogP contribution is 2.43. The summed E-state index contributed by atoms with van der Waals surface area (Å²) in [6.45, 7) is 0. The molecule has 0 spiro atoms. The third kappa shape index (κ3) is 6.00. The molecule has 2 nitrogen and oxygen atoms in total. The Kier molecular flexibility index (Phi) is 6.38. The standard InChI is InChI=1S/C56H37NO/c1-2-10-38(11-3-1)40-18-20-41(21-19-40)42-24-30-48(31-25-42)57(49-32-26-43(27-33-49)45-23-22-39-12-4-5-13-44(39)36-45)54-16-8-6-14-50(54)46-28-34-51-47(37-46)29-35-53-52-15-7-9-17-55(52)58-56(51)53/h1-37H/i24D,25D,26D,27D,30D,31D,32D,33D. The summed E-state index contributed by atoms with van der Waals surface area (Å²) in [5, 5.41) is 5.63. The molecule has 0 amide bonds. The zero-order chi connectivity index (χ0) is 45.4. The zero-order valence-corrected chi connectivity index (χ0v) is 31.1. The van der Waals surface area contributed by atoms with Crippen LogP contribution in [0.2, 0.25) is 0 Å². The number of para-hydroxylation sites is 2. The van der Waals surface area contributed by atoms with Crippen LogP contribution in [0.25, 0.3) is 88.0 Å². The predicted molar refractivity (Wildman–Crippen MR) is 245 cm³/mol. The van der Waals surface area contributed by atoms with Gasteiger partial charge in [0.1, 0.15) is 11.2 Å². The lowest BCUT2D eigenvalue weighted by molar-refractivity contribution is 0.672. The fourth-order valence-corrected chi connectivity index (χ4v) is 7.87. The topological polar surface area (TPSA) is 16.4 Å². The Labute approximate surface area is 348 Å². The van der Waals surface area contributed by atoms with Gasteiger partial charge in [-0.05, 0) is 116 Å². The zero-order valence-electron chi connectivity index (χ0n) is 39.1. The van der Waals surface area contributed by atoms with Crippen LogP contribution in [-0.2, 0) is 0 Å². The molecule has 11 aromatic rings. The molecule has 0 N–H and O–H groups in total. The van der Waals surface area contributed by atoms with Crippen LogP contribution >= 0.6 is 0 Å². The van der Waals surface area contributed by atoms with Crippen LogP contribution in [0, 0.1) is 0 Å². The van der Waals surface area contributed by atoms with E-state index >= 15 is 0 Å². The van der Waals surface area contributed by atoms with Crippen molar-refractivity contribution < 1.29 is 15.4 Å². The Morgan fingerprint density at radius 3 is 1.66 bits per heavy atom. The normalized spacial score (nSPS) is 13.4. The Hall–Kier alpha value is -7.68. The summed E-state index contributed by atoms with van der Waals surface area (Å²) in [6, 6.07) is 52.6. The van der Waals surface area contributed by atoms with Crippen LogP contribution < -0.4 is 4.90 Å². The lowest BCUT2D eigenvalue weighted by Crippen LogP contribution is -2.11. The molecule has 0 aliphatic rings. The second kappa shape index (κ2) is 14.1. The smallest absolute Gasteiger partial charge is 0.143 e. The van der Waals surface area contributed by atoms with Gasteiger partial charge in [0.05, 0.1) is 16.7 Å². The number of hydrogen-bond acceptors (Lipinski definition) is 2. The van der Waals surface area contributed by atoms with Gasteiger partial charge in [-0.1, -0.05) is 164 Å². The first-order valence-electron chi connectivity index (χ1n) is 23.2. The van der Waals surface area contributed by atoms with Crippen molar-refractivity contribution in [2.75, 3.05) is 4.90 Å². The highest BCUT2D eigenvalue weighted by atomic mass is 16.3. The first kappa shape index (κ1) is 26.2. The summed E-state index contributed by atoms with van der Waals surface area (Å²) in [4.78, 5) is 1.38. The number of hydrogen-bond donors (Lipinski definition) is 0. The van der Waals surface area contributed by atoms with Crippen molar-refractivity contribution in [3.8, 4) is 44.5 Å². The van der Waals surface area contributed by atoms with Crippen molar-refractivity contribution in [1.29, 1.82) is 0 Å².